The Morgan fingerprint density at radius 3 is 2.62 bits per heavy atom. The Balaban J connectivity index is 1.90. The number of carbonyl (C=O) groups is 2. The zero-order valence-electron chi connectivity index (χ0n) is 13.0. The van der Waals surface area contributed by atoms with E-state index in [0.717, 1.165) is 16.9 Å². The molecule has 1 amide bonds. The summed E-state index contributed by atoms with van der Waals surface area (Å²) in [7, 11) is 0. The van der Waals surface area contributed by atoms with E-state index in [2.05, 4.69) is 10.5 Å². The van der Waals surface area contributed by atoms with Crippen molar-refractivity contribution in [3.05, 3.63) is 50.7 Å². The predicted octanol–water partition coefficient (Wildman–Crippen LogP) is 1.99. The number of carbonyl (C=O) groups excluding carboxylic acids is 2. The van der Waals surface area contributed by atoms with Crippen LogP contribution in [0.2, 0.25) is 5.02 Å². The Kier molecular flexibility index (Phi) is 5.94. The minimum atomic E-state index is -1.24. The average molecular weight is 366 g/mol. The Morgan fingerprint density at radius 2 is 2.00 bits per heavy atom. The van der Waals surface area contributed by atoms with E-state index in [-0.39, 0.29) is 11.5 Å². The molecule has 0 atom stereocenters. The number of nitrogens with zero attached hydrogens (tertiary/aromatic N) is 1. The Labute approximate surface area is 147 Å². The number of benzene rings is 1. The fraction of sp³-hybridized carbons (Fsp3) is 0.188. The van der Waals surface area contributed by atoms with Crippen LogP contribution >= 0.6 is 22.9 Å². The van der Waals surface area contributed by atoms with Gasteiger partial charge in [-0.05, 0) is 49.7 Å². The third kappa shape index (κ3) is 4.81. The molecule has 8 heteroatoms. The van der Waals surface area contributed by atoms with Crippen molar-refractivity contribution >= 4 is 40.5 Å². The van der Waals surface area contributed by atoms with Crippen LogP contribution in [0.3, 0.4) is 0 Å². The van der Waals surface area contributed by atoms with E-state index >= 15 is 0 Å². The fourth-order valence-corrected chi connectivity index (χ4v) is 2.81. The van der Waals surface area contributed by atoms with Gasteiger partial charge in [0.25, 0.3) is 5.91 Å². The number of ether oxygens (including phenoxy) is 1. The fourth-order valence-electron chi connectivity index (χ4n) is 1.79. The largest absolute Gasteiger partial charge is 0.544 e. The Bertz CT molecular complexity index is 801. The maximum atomic E-state index is 11.8. The van der Waals surface area contributed by atoms with Gasteiger partial charge >= 0.3 is 0 Å². The molecule has 1 aromatic heterocycles. The van der Waals surface area contributed by atoms with Crippen LogP contribution in [-0.2, 0) is 4.79 Å². The van der Waals surface area contributed by atoms with Gasteiger partial charge in [0, 0.05) is 5.02 Å². The summed E-state index contributed by atoms with van der Waals surface area (Å²) in [4.78, 5) is 23.2. The molecular weight excluding hydrogens is 352 g/mol. The number of carboxylic acid groups (broad SMARTS) is 1. The molecule has 0 aliphatic heterocycles. The molecule has 126 valence electrons. The number of aromatic carboxylic acids is 1. The Hall–Kier alpha value is -2.38. The van der Waals surface area contributed by atoms with Crippen LogP contribution in [0.15, 0.2) is 35.4 Å². The molecule has 6 nitrogen and oxygen atoms in total. The van der Waals surface area contributed by atoms with E-state index in [9.17, 15) is 14.7 Å². The van der Waals surface area contributed by atoms with E-state index in [1.54, 1.807) is 31.2 Å². The maximum absolute atomic E-state index is 11.8. The quantitative estimate of drug-likeness (QED) is 0.626. The molecule has 0 aliphatic carbocycles. The van der Waals surface area contributed by atoms with E-state index in [0.29, 0.717) is 21.4 Å². The van der Waals surface area contributed by atoms with Crippen molar-refractivity contribution in [1.82, 2.24) is 5.43 Å². The lowest BCUT2D eigenvalue weighted by molar-refractivity contribution is -0.254. The predicted molar refractivity (Wildman–Crippen MR) is 90.7 cm³/mol. The lowest BCUT2D eigenvalue weighted by Crippen LogP contribution is -2.25. The summed E-state index contributed by atoms with van der Waals surface area (Å²) in [5.74, 6) is -1.11. The van der Waals surface area contributed by atoms with Crippen molar-refractivity contribution in [1.29, 1.82) is 0 Å². The molecule has 0 fully saturated rings. The summed E-state index contributed by atoms with van der Waals surface area (Å²) in [6, 6.07) is 8.14. The number of thiophene rings is 1. The highest BCUT2D eigenvalue weighted by atomic mass is 35.5. The smallest absolute Gasteiger partial charge is 0.277 e. The van der Waals surface area contributed by atoms with E-state index < -0.39 is 11.9 Å². The van der Waals surface area contributed by atoms with E-state index in [1.165, 1.54) is 6.07 Å². The van der Waals surface area contributed by atoms with Crippen molar-refractivity contribution in [3.8, 4) is 5.75 Å². The highest BCUT2D eigenvalue weighted by Crippen LogP contribution is 2.21. The van der Waals surface area contributed by atoms with Crippen molar-refractivity contribution in [2.75, 3.05) is 6.61 Å². The first-order valence-corrected chi connectivity index (χ1v) is 8.10. The molecule has 1 aromatic carbocycles. The zero-order chi connectivity index (χ0) is 17.7. The Morgan fingerprint density at radius 1 is 1.29 bits per heavy atom. The van der Waals surface area contributed by atoms with Gasteiger partial charge in [-0.3, -0.25) is 4.79 Å². The molecule has 1 heterocycles. The van der Waals surface area contributed by atoms with Gasteiger partial charge in [-0.15, -0.1) is 11.3 Å². The zero-order valence-corrected chi connectivity index (χ0v) is 14.5. The van der Waals surface area contributed by atoms with Crippen molar-refractivity contribution < 1.29 is 19.4 Å². The van der Waals surface area contributed by atoms with Gasteiger partial charge in [-0.2, -0.15) is 5.10 Å². The monoisotopic (exact) mass is 365 g/mol. The third-order valence-electron chi connectivity index (χ3n) is 3.01. The van der Waals surface area contributed by atoms with Gasteiger partial charge in [0.2, 0.25) is 0 Å². The number of aryl methyl sites for hydroxylation is 1. The topological polar surface area (TPSA) is 90.8 Å². The second-order valence-corrected chi connectivity index (χ2v) is 6.40. The molecule has 24 heavy (non-hydrogen) atoms. The lowest BCUT2D eigenvalue weighted by atomic mass is 10.2. The van der Waals surface area contributed by atoms with Crippen molar-refractivity contribution in [2.45, 2.75) is 13.8 Å². The second kappa shape index (κ2) is 7.94. The highest BCUT2D eigenvalue weighted by molar-refractivity contribution is 7.15. The molecule has 0 bridgehead atoms. The SMILES string of the molecule is C/C(=N/NC(=O)COc1ccc(Cl)cc1C)c1ccc(C(=O)[O-])s1. The van der Waals surface area contributed by atoms with Crippen LogP contribution in [0, 0.1) is 6.92 Å². The maximum Gasteiger partial charge on any atom is 0.277 e. The van der Waals surface area contributed by atoms with Crippen molar-refractivity contribution in [2.24, 2.45) is 5.10 Å². The first-order chi connectivity index (χ1) is 11.4. The first kappa shape index (κ1) is 18.0. The number of hydrogen-bond acceptors (Lipinski definition) is 6. The van der Waals surface area contributed by atoms with Gasteiger partial charge in [-0.1, -0.05) is 11.6 Å². The number of rotatable bonds is 6. The first-order valence-electron chi connectivity index (χ1n) is 6.90. The number of amides is 1. The standard InChI is InChI=1S/C16H15ClN2O4S/c1-9-7-11(17)3-4-12(9)23-8-15(20)19-18-10(2)13-5-6-14(24-13)16(21)22/h3-7H,8H2,1-2H3,(H,19,20)(H,21,22)/p-1/b18-10-. The molecule has 0 saturated carbocycles. The van der Waals surface area contributed by atoms with Gasteiger partial charge in [0.1, 0.15) is 5.75 Å². The van der Waals surface area contributed by atoms with Crippen LogP contribution < -0.4 is 15.3 Å². The molecule has 0 radical (unpaired) electrons. The molecule has 2 aromatic rings. The number of hydrogen-bond donors (Lipinski definition) is 1. The van der Waals surface area contributed by atoms with Gasteiger partial charge < -0.3 is 14.6 Å². The molecule has 0 spiro atoms. The molecule has 0 saturated heterocycles. The minimum Gasteiger partial charge on any atom is -0.544 e. The normalized spacial score (nSPS) is 11.2. The van der Waals surface area contributed by atoms with Crippen molar-refractivity contribution in [3.63, 3.8) is 0 Å². The molecule has 0 unspecified atom stereocenters. The molecular formula is C16H14ClN2O4S-. The second-order valence-electron chi connectivity index (χ2n) is 4.88. The number of hydrazone groups is 1. The number of halogens is 1. The van der Waals surface area contributed by atoms with Crippen LogP contribution in [0.4, 0.5) is 0 Å². The molecule has 1 N–H and O–H groups in total. The van der Waals surface area contributed by atoms with Gasteiger partial charge in [0.15, 0.2) is 6.61 Å². The van der Waals surface area contributed by atoms with Gasteiger partial charge in [-0.25, -0.2) is 5.43 Å². The minimum absolute atomic E-state index is 0.104. The van der Waals surface area contributed by atoms with E-state index in [1.807, 2.05) is 6.92 Å². The third-order valence-corrected chi connectivity index (χ3v) is 4.42. The summed E-state index contributed by atoms with van der Waals surface area (Å²) < 4.78 is 5.40. The average Bonchev–Trinajstić information content (AvgIpc) is 3.02. The summed E-state index contributed by atoms with van der Waals surface area (Å²) >= 11 is 6.88. The summed E-state index contributed by atoms with van der Waals surface area (Å²) in [5, 5.41) is 15.3. The number of nitrogens with one attached hydrogen (secondary N) is 1. The lowest BCUT2D eigenvalue weighted by Gasteiger charge is -2.08. The number of carboxylic acids is 1. The molecule has 2 rings (SSSR count). The van der Waals surface area contributed by atoms with Gasteiger partial charge in [0.05, 0.1) is 21.4 Å². The summed E-state index contributed by atoms with van der Waals surface area (Å²) in [6.45, 7) is 3.29. The highest BCUT2D eigenvalue weighted by Gasteiger charge is 2.07. The molecule has 0 aliphatic rings. The summed E-state index contributed by atoms with van der Waals surface area (Å²) in [5.41, 5.74) is 3.67. The van der Waals surface area contributed by atoms with Crippen LogP contribution in [0.5, 0.6) is 5.75 Å². The summed E-state index contributed by atoms with van der Waals surface area (Å²) in [6.07, 6.45) is 0. The van der Waals surface area contributed by atoms with E-state index in [4.69, 9.17) is 16.3 Å². The van der Waals surface area contributed by atoms with Crippen LogP contribution in [0.1, 0.15) is 27.0 Å². The van der Waals surface area contributed by atoms with Crippen LogP contribution in [-0.4, -0.2) is 24.2 Å². The van der Waals surface area contributed by atoms with Crippen LogP contribution in [0.25, 0.3) is 0 Å².